The first kappa shape index (κ1) is 14.4. The molecule has 3 nitrogen and oxygen atoms in total. The van der Waals surface area contributed by atoms with Crippen LogP contribution in [0.25, 0.3) is 0 Å². The molecule has 0 amide bonds. The molecule has 0 spiro atoms. The molecule has 0 aliphatic carbocycles. The second kappa shape index (κ2) is 5.95. The third-order valence-corrected chi connectivity index (χ3v) is 3.50. The largest absolute Gasteiger partial charge is 0.397 e. The summed E-state index contributed by atoms with van der Waals surface area (Å²) >= 11 is 0. The van der Waals surface area contributed by atoms with Crippen LogP contribution in [0, 0.1) is 6.92 Å². The number of rotatable bonds is 5. The Morgan fingerprint density at radius 2 is 1.90 bits per heavy atom. The van der Waals surface area contributed by atoms with Crippen molar-refractivity contribution in [2.75, 3.05) is 11.1 Å². The summed E-state index contributed by atoms with van der Waals surface area (Å²) in [7, 11) is 0. The van der Waals surface area contributed by atoms with Gasteiger partial charge in [0.05, 0.1) is 11.9 Å². The van der Waals surface area contributed by atoms with Crippen LogP contribution in [0.2, 0.25) is 0 Å². The fourth-order valence-corrected chi connectivity index (χ4v) is 2.15. The minimum absolute atomic E-state index is 0.00854. The maximum absolute atomic E-state index is 5.80. The van der Waals surface area contributed by atoms with Gasteiger partial charge in [-0.1, -0.05) is 30.3 Å². The molecule has 1 aromatic heterocycles. The normalized spacial score (nSPS) is 11.3. The van der Waals surface area contributed by atoms with Crippen LogP contribution in [-0.4, -0.2) is 10.5 Å². The summed E-state index contributed by atoms with van der Waals surface area (Å²) in [5.74, 6) is 0.884. The van der Waals surface area contributed by atoms with Gasteiger partial charge in [0.15, 0.2) is 0 Å². The summed E-state index contributed by atoms with van der Waals surface area (Å²) in [5.41, 5.74) is 8.94. The van der Waals surface area contributed by atoms with E-state index in [4.69, 9.17) is 5.73 Å². The molecule has 0 radical (unpaired) electrons. The van der Waals surface area contributed by atoms with Crippen molar-refractivity contribution < 1.29 is 0 Å². The first-order valence-corrected chi connectivity index (χ1v) is 7.00. The number of hydrogen-bond acceptors (Lipinski definition) is 3. The first-order valence-electron chi connectivity index (χ1n) is 7.00. The average Bonchev–Trinajstić information content (AvgIpc) is 2.42. The lowest BCUT2D eigenvalue weighted by atomic mass is 9.95. The number of nitrogens with two attached hydrogens (primary N) is 1. The Labute approximate surface area is 121 Å². The molecule has 0 fully saturated rings. The Morgan fingerprint density at radius 3 is 2.55 bits per heavy atom. The number of pyridine rings is 1. The molecule has 20 heavy (non-hydrogen) atoms. The van der Waals surface area contributed by atoms with Crippen LogP contribution in [0.5, 0.6) is 0 Å². The standard InChI is InChI=1S/C17H23N3/c1-13-11-16(19-12-15(13)18)20-17(2,3)10-9-14-7-5-4-6-8-14/h4-8,11-12H,9-10,18H2,1-3H3,(H,19,20). The molecule has 0 saturated carbocycles. The van der Waals surface area contributed by atoms with Crippen LogP contribution in [0.1, 0.15) is 31.4 Å². The monoisotopic (exact) mass is 269 g/mol. The van der Waals surface area contributed by atoms with Crippen molar-refractivity contribution in [3.8, 4) is 0 Å². The summed E-state index contributed by atoms with van der Waals surface area (Å²) in [6, 6.07) is 12.6. The van der Waals surface area contributed by atoms with Gasteiger partial charge in [0.2, 0.25) is 0 Å². The van der Waals surface area contributed by atoms with Crippen molar-refractivity contribution in [2.45, 2.75) is 39.2 Å². The lowest BCUT2D eigenvalue weighted by molar-refractivity contribution is 0.516. The number of anilines is 2. The van der Waals surface area contributed by atoms with E-state index in [2.05, 4.69) is 48.4 Å². The fourth-order valence-electron chi connectivity index (χ4n) is 2.15. The summed E-state index contributed by atoms with van der Waals surface area (Å²) < 4.78 is 0. The number of nitrogens with zero attached hydrogens (tertiary/aromatic N) is 1. The van der Waals surface area contributed by atoms with Gasteiger partial charge < -0.3 is 11.1 Å². The highest BCUT2D eigenvalue weighted by Crippen LogP contribution is 2.21. The molecule has 0 saturated heterocycles. The molecule has 2 aromatic rings. The minimum Gasteiger partial charge on any atom is -0.397 e. The van der Waals surface area contributed by atoms with E-state index in [1.54, 1.807) is 6.20 Å². The van der Waals surface area contributed by atoms with Gasteiger partial charge in [-0.25, -0.2) is 4.98 Å². The van der Waals surface area contributed by atoms with Crippen LogP contribution in [0.3, 0.4) is 0 Å². The van der Waals surface area contributed by atoms with E-state index in [1.165, 1.54) is 5.56 Å². The minimum atomic E-state index is -0.00854. The average molecular weight is 269 g/mol. The van der Waals surface area contributed by atoms with Crippen molar-refractivity contribution in [1.82, 2.24) is 4.98 Å². The first-order chi connectivity index (χ1) is 9.46. The lowest BCUT2D eigenvalue weighted by Crippen LogP contribution is -2.31. The van der Waals surface area contributed by atoms with Crippen molar-refractivity contribution in [2.24, 2.45) is 0 Å². The molecule has 0 aliphatic rings. The predicted molar refractivity (Wildman–Crippen MR) is 85.9 cm³/mol. The van der Waals surface area contributed by atoms with Crippen molar-refractivity contribution in [3.05, 3.63) is 53.7 Å². The Bertz CT molecular complexity index is 562. The van der Waals surface area contributed by atoms with E-state index in [1.807, 2.05) is 19.1 Å². The molecule has 0 unspecified atom stereocenters. The second-order valence-corrected chi connectivity index (χ2v) is 5.92. The molecule has 1 aromatic carbocycles. The fraction of sp³-hybridized carbons (Fsp3) is 0.353. The van der Waals surface area contributed by atoms with E-state index in [0.717, 1.165) is 29.9 Å². The van der Waals surface area contributed by atoms with Gasteiger partial charge in [-0.05, 0) is 50.8 Å². The molecule has 3 heteroatoms. The van der Waals surface area contributed by atoms with Gasteiger partial charge in [-0.3, -0.25) is 0 Å². The Kier molecular flexibility index (Phi) is 4.28. The van der Waals surface area contributed by atoms with Gasteiger partial charge in [0.1, 0.15) is 5.82 Å². The zero-order valence-corrected chi connectivity index (χ0v) is 12.5. The van der Waals surface area contributed by atoms with Gasteiger partial charge in [0, 0.05) is 5.54 Å². The molecule has 0 atom stereocenters. The van der Waals surface area contributed by atoms with Crippen LogP contribution >= 0.6 is 0 Å². The molecular weight excluding hydrogens is 246 g/mol. The third-order valence-electron chi connectivity index (χ3n) is 3.50. The number of aromatic nitrogens is 1. The Morgan fingerprint density at radius 1 is 1.20 bits per heavy atom. The summed E-state index contributed by atoms with van der Waals surface area (Å²) in [5, 5.41) is 3.49. The zero-order valence-electron chi connectivity index (χ0n) is 12.5. The summed E-state index contributed by atoms with van der Waals surface area (Å²) in [4.78, 5) is 4.34. The van der Waals surface area contributed by atoms with Gasteiger partial charge in [-0.15, -0.1) is 0 Å². The van der Waals surface area contributed by atoms with Gasteiger partial charge in [-0.2, -0.15) is 0 Å². The number of nitrogen functional groups attached to an aromatic ring is 1. The molecular formula is C17H23N3. The highest BCUT2D eigenvalue weighted by Gasteiger charge is 2.18. The van der Waals surface area contributed by atoms with E-state index in [9.17, 15) is 0 Å². The maximum Gasteiger partial charge on any atom is 0.126 e. The van der Waals surface area contributed by atoms with E-state index < -0.39 is 0 Å². The quantitative estimate of drug-likeness (QED) is 0.868. The SMILES string of the molecule is Cc1cc(NC(C)(C)CCc2ccccc2)ncc1N. The molecule has 2 rings (SSSR count). The van der Waals surface area contributed by atoms with Gasteiger partial charge >= 0.3 is 0 Å². The molecule has 1 heterocycles. The Hall–Kier alpha value is -2.03. The molecule has 0 aliphatic heterocycles. The maximum atomic E-state index is 5.80. The number of hydrogen-bond donors (Lipinski definition) is 2. The van der Waals surface area contributed by atoms with Crippen LogP contribution < -0.4 is 11.1 Å². The predicted octanol–water partition coefficient (Wildman–Crippen LogP) is 3.80. The van der Waals surface area contributed by atoms with Crippen molar-refractivity contribution in [1.29, 1.82) is 0 Å². The highest BCUT2D eigenvalue weighted by atomic mass is 15.0. The van der Waals surface area contributed by atoms with Crippen molar-refractivity contribution >= 4 is 11.5 Å². The van der Waals surface area contributed by atoms with Crippen LogP contribution in [0.4, 0.5) is 11.5 Å². The molecule has 106 valence electrons. The van der Waals surface area contributed by atoms with Crippen LogP contribution in [0.15, 0.2) is 42.6 Å². The smallest absolute Gasteiger partial charge is 0.126 e. The second-order valence-electron chi connectivity index (χ2n) is 5.92. The number of aryl methyl sites for hydroxylation is 2. The van der Waals surface area contributed by atoms with E-state index >= 15 is 0 Å². The third kappa shape index (κ3) is 3.98. The van der Waals surface area contributed by atoms with Crippen molar-refractivity contribution in [3.63, 3.8) is 0 Å². The number of nitrogens with one attached hydrogen (secondary N) is 1. The highest BCUT2D eigenvalue weighted by molar-refractivity contribution is 5.51. The Balaban J connectivity index is 1.98. The zero-order chi connectivity index (χ0) is 14.6. The topological polar surface area (TPSA) is 50.9 Å². The summed E-state index contributed by atoms with van der Waals surface area (Å²) in [6.45, 7) is 6.39. The van der Waals surface area contributed by atoms with E-state index in [0.29, 0.717) is 0 Å². The van der Waals surface area contributed by atoms with E-state index in [-0.39, 0.29) is 5.54 Å². The van der Waals surface area contributed by atoms with Gasteiger partial charge in [0.25, 0.3) is 0 Å². The lowest BCUT2D eigenvalue weighted by Gasteiger charge is -2.27. The molecule has 3 N–H and O–H groups in total. The summed E-state index contributed by atoms with van der Waals surface area (Å²) in [6.07, 6.45) is 3.81. The number of benzene rings is 1. The molecule has 0 bridgehead atoms. The van der Waals surface area contributed by atoms with Crippen LogP contribution in [-0.2, 0) is 6.42 Å².